The van der Waals surface area contributed by atoms with Gasteiger partial charge in [0, 0.05) is 12.6 Å². The molecule has 0 unspecified atom stereocenters. The smallest absolute Gasteiger partial charge is 0.251 e. The standard InChI is InChI=1S/C8H9NO2/c1-9-8(11)6-2-4-7(10)5-3-6/h2-5,10H,1H3,(H,9,11)/p-1. The molecule has 1 amide bonds. The van der Waals surface area contributed by atoms with Crippen molar-refractivity contribution in [1.29, 1.82) is 0 Å². The first-order valence-corrected chi connectivity index (χ1v) is 3.23. The average molecular weight is 150 g/mol. The van der Waals surface area contributed by atoms with Crippen LogP contribution in [0.15, 0.2) is 24.3 Å². The molecule has 0 aliphatic heterocycles. The van der Waals surface area contributed by atoms with Crippen LogP contribution < -0.4 is 10.4 Å². The Bertz CT molecular complexity index is 253. The van der Waals surface area contributed by atoms with Crippen LogP contribution in [0, 0.1) is 0 Å². The molecule has 0 radical (unpaired) electrons. The van der Waals surface area contributed by atoms with Crippen LogP contribution in [0.1, 0.15) is 10.4 Å². The first-order chi connectivity index (χ1) is 5.24. The summed E-state index contributed by atoms with van der Waals surface area (Å²) in [4.78, 5) is 10.9. The number of benzene rings is 1. The maximum absolute atomic E-state index is 10.9. The highest BCUT2D eigenvalue weighted by molar-refractivity contribution is 5.93. The van der Waals surface area contributed by atoms with Crippen LogP contribution in [-0.4, -0.2) is 13.0 Å². The molecule has 0 bridgehead atoms. The van der Waals surface area contributed by atoms with Gasteiger partial charge in [0.2, 0.25) is 0 Å². The molecule has 0 atom stereocenters. The van der Waals surface area contributed by atoms with Crippen LogP contribution in [0.25, 0.3) is 0 Å². The largest absolute Gasteiger partial charge is 0.872 e. The van der Waals surface area contributed by atoms with Crippen molar-refractivity contribution in [1.82, 2.24) is 5.32 Å². The van der Waals surface area contributed by atoms with E-state index in [0.29, 0.717) is 5.56 Å². The molecule has 0 heterocycles. The molecule has 3 heteroatoms. The number of hydrogen-bond donors (Lipinski definition) is 1. The summed E-state index contributed by atoms with van der Waals surface area (Å²) in [6.07, 6.45) is 0. The molecule has 0 aliphatic carbocycles. The summed E-state index contributed by atoms with van der Waals surface area (Å²) in [5, 5.41) is 13.1. The summed E-state index contributed by atoms with van der Waals surface area (Å²) >= 11 is 0. The zero-order valence-electron chi connectivity index (χ0n) is 6.13. The van der Waals surface area contributed by atoms with Crippen molar-refractivity contribution in [2.75, 3.05) is 7.05 Å². The fraction of sp³-hybridized carbons (Fsp3) is 0.125. The fourth-order valence-electron chi connectivity index (χ4n) is 0.751. The summed E-state index contributed by atoms with van der Waals surface area (Å²) in [5.41, 5.74) is 0.507. The van der Waals surface area contributed by atoms with E-state index in [0.717, 1.165) is 0 Å². The van der Waals surface area contributed by atoms with E-state index in [1.165, 1.54) is 24.3 Å². The molecule has 0 spiro atoms. The molecule has 58 valence electrons. The lowest BCUT2D eigenvalue weighted by Gasteiger charge is -2.04. The summed E-state index contributed by atoms with van der Waals surface area (Å²) in [6, 6.07) is 5.73. The van der Waals surface area contributed by atoms with Crippen LogP contribution in [-0.2, 0) is 0 Å². The van der Waals surface area contributed by atoms with Gasteiger partial charge in [0.1, 0.15) is 0 Å². The van der Waals surface area contributed by atoms with Crippen LogP contribution >= 0.6 is 0 Å². The third-order valence-corrected chi connectivity index (χ3v) is 1.34. The van der Waals surface area contributed by atoms with Crippen molar-refractivity contribution >= 4 is 5.91 Å². The van der Waals surface area contributed by atoms with E-state index >= 15 is 0 Å². The van der Waals surface area contributed by atoms with Crippen molar-refractivity contribution in [3.63, 3.8) is 0 Å². The Hall–Kier alpha value is -1.51. The minimum Gasteiger partial charge on any atom is -0.872 e. The van der Waals surface area contributed by atoms with Crippen molar-refractivity contribution in [3.8, 4) is 5.75 Å². The number of carbonyl (C=O) groups excluding carboxylic acids is 1. The third-order valence-electron chi connectivity index (χ3n) is 1.34. The van der Waals surface area contributed by atoms with Gasteiger partial charge in [0.05, 0.1) is 0 Å². The SMILES string of the molecule is CNC(=O)c1ccc([O-])cc1. The van der Waals surface area contributed by atoms with Crippen LogP contribution in [0.5, 0.6) is 5.75 Å². The van der Waals surface area contributed by atoms with Crippen LogP contribution in [0.4, 0.5) is 0 Å². The van der Waals surface area contributed by atoms with Crippen molar-refractivity contribution < 1.29 is 9.90 Å². The second-order valence-electron chi connectivity index (χ2n) is 2.10. The molecule has 0 aromatic heterocycles. The van der Waals surface area contributed by atoms with E-state index in [2.05, 4.69) is 5.32 Å². The first-order valence-electron chi connectivity index (χ1n) is 3.23. The Morgan fingerprint density at radius 3 is 2.36 bits per heavy atom. The maximum Gasteiger partial charge on any atom is 0.251 e. The van der Waals surface area contributed by atoms with Gasteiger partial charge in [-0.3, -0.25) is 4.79 Å². The summed E-state index contributed by atoms with van der Waals surface area (Å²) in [7, 11) is 1.55. The Morgan fingerprint density at radius 2 is 1.91 bits per heavy atom. The molecule has 1 aromatic rings. The van der Waals surface area contributed by atoms with Gasteiger partial charge in [-0.05, 0) is 0 Å². The number of rotatable bonds is 1. The van der Waals surface area contributed by atoms with Crippen LogP contribution in [0.3, 0.4) is 0 Å². The average Bonchev–Trinajstić information content (AvgIpc) is 2.05. The Morgan fingerprint density at radius 1 is 1.36 bits per heavy atom. The molecule has 1 rings (SSSR count). The second-order valence-corrected chi connectivity index (χ2v) is 2.10. The minimum atomic E-state index is -0.176. The normalized spacial score (nSPS) is 9.18. The molecule has 0 saturated heterocycles. The predicted octanol–water partition coefficient (Wildman–Crippen LogP) is 0.120. The quantitative estimate of drug-likeness (QED) is 0.618. The van der Waals surface area contributed by atoms with Gasteiger partial charge in [0.25, 0.3) is 5.91 Å². The molecule has 1 aromatic carbocycles. The van der Waals surface area contributed by atoms with E-state index in [4.69, 9.17) is 0 Å². The lowest BCUT2D eigenvalue weighted by atomic mass is 10.2. The molecule has 0 fully saturated rings. The van der Waals surface area contributed by atoms with Crippen LogP contribution in [0.2, 0.25) is 0 Å². The fourth-order valence-corrected chi connectivity index (χ4v) is 0.751. The maximum atomic E-state index is 10.9. The molecular weight excluding hydrogens is 142 g/mol. The van der Waals surface area contributed by atoms with Gasteiger partial charge in [-0.2, -0.15) is 0 Å². The van der Waals surface area contributed by atoms with E-state index in [1.807, 2.05) is 0 Å². The van der Waals surface area contributed by atoms with Crippen molar-refractivity contribution in [3.05, 3.63) is 29.8 Å². The third kappa shape index (κ3) is 1.70. The van der Waals surface area contributed by atoms with E-state index in [-0.39, 0.29) is 11.7 Å². The lowest BCUT2D eigenvalue weighted by Crippen LogP contribution is -2.17. The Labute approximate surface area is 64.7 Å². The zero-order chi connectivity index (χ0) is 8.27. The molecule has 3 nitrogen and oxygen atoms in total. The Balaban J connectivity index is 2.90. The minimum absolute atomic E-state index is 0.0855. The highest BCUT2D eigenvalue weighted by Crippen LogP contribution is 2.05. The molecule has 1 N–H and O–H groups in total. The van der Waals surface area contributed by atoms with E-state index < -0.39 is 0 Å². The van der Waals surface area contributed by atoms with E-state index in [9.17, 15) is 9.90 Å². The predicted molar refractivity (Wildman–Crippen MR) is 39.3 cm³/mol. The zero-order valence-corrected chi connectivity index (χ0v) is 6.13. The second kappa shape index (κ2) is 3.05. The monoisotopic (exact) mass is 150 g/mol. The highest BCUT2D eigenvalue weighted by atomic mass is 16.3. The molecule has 11 heavy (non-hydrogen) atoms. The van der Waals surface area contributed by atoms with Gasteiger partial charge in [0.15, 0.2) is 0 Å². The lowest BCUT2D eigenvalue weighted by molar-refractivity contribution is -0.268. The van der Waals surface area contributed by atoms with Crippen molar-refractivity contribution in [2.24, 2.45) is 0 Å². The Kier molecular flexibility index (Phi) is 2.11. The summed E-state index contributed by atoms with van der Waals surface area (Å²) < 4.78 is 0. The number of amides is 1. The molecular formula is C8H8NO2-. The molecule has 0 aliphatic rings. The molecule has 0 saturated carbocycles. The number of nitrogens with one attached hydrogen (secondary N) is 1. The number of carbonyl (C=O) groups is 1. The van der Waals surface area contributed by atoms with Gasteiger partial charge >= 0.3 is 0 Å². The van der Waals surface area contributed by atoms with Gasteiger partial charge in [-0.1, -0.05) is 24.3 Å². The van der Waals surface area contributed by atoms with Gasteiger partial charge in [-0.15, -0.1) is 5.75 Å². The highest BCUT2D eigenvalue weighted by Gasteiger charge is 1.98. The summed E-state index contributed by atoms with van der Waals surface area (Å²) in [5.74, 6) is -0.261. The number of hydrogen-bond acceptors (Lipinski definition) is 2. The van der Waals surface area contributed by atoms with Gasteiger partial charge in [-0.25, -0.2) is 0 Å². The van der Waals surface area contributed by atoms with Crippen molar-refractivity contribution in [2.45, 2.75) is 0 Å². The topological polar surface area (TPSA) is 52.2 Å². The van der Waals surface area contributed by atoms with E-state index in [1.54, 1.807) is 7.05 Å². The summed E-state index contributed by atoms with van der Waals surface area (Å²) in [6.45, 7) is 0. The van der Waals surface area contributed by atoms with Gasteiger partial charge < -0.3 is 10.4 Å². The first kappa shape index (κ1) is 7.60.